The molecule has 0 unspecified atom stereocenters. The summed E-state index contributed by atoms with van der Waals surface area (Å²) < 4.78 is 1.20. The van der Waals surface area contributed by atoms with E-state index >= 15 is 0 Å². The molecule has 0 saturated carbocycles. The van der Waals surface area contributed by atoms with Crippen molar-refractivity contribution >= 4 is 33.3 Å². The van der Waals surface area contributed by atoms with E-state index in [0.29, 0.717) is 0 Å². The lowest BCUT2D eigenvalue weighted by Gasteiger charge is -2.20. The van der Waals surface area contributed by atoms with Crippen molar-refractivity contribution in [3.63, 3.8) is 0 Å². The number of rotatable bonds is 0. The molecule has 0 N–H and O–H groups in total. The Morgan fingerprint density at radius 3 is 2.00 bits per heavy atom. The van der Waals surface area contributed by atoms with Crippen LogP contribution in [0, 0.1) is 0 Å². The molecule has 0 atom stereocenters. The van der Waals surface area contributed by atoms with Crippen LogP contribution in [0.2, 0.25) is 0 Å². The van der Waals surface area contributed by atoms with Gasteiger partial charge in [-0.05, 0) is 28.6 Å². The van der Waals surface area contributed by atoms with Crippen molar-refractivity contribution in [2.45, 2.75) is 26.2 Å². The van der Waals surface area contributed by atoms with Crippen molar-refractivity contribution in [3.05, 3.63) is 34.3 Å². The van der Waals surface area contributed by atoms with Crippen LogP contribution in [0.4, 0.5) is 0 Å². The maximum atomic E-state index is 8.57. The van der Waals surface area contributed by atoms with Crippen molar-refractivity contribution in [2.75, 3.05) is 0 Å². The topological polar surface area (TPSA) is 17.1 Å². The Balaban J connectivity index is 0.000000500. The molecule has 0 bridgehead atoms. The number of hydrogen-bond acceptors (Lipinski definition) is 1. The molecule has 3 heteroatoms. The smallest absolute Gasteiger partial charge is 0.208 e. The molecule has 0 amide bonds. The van der Waals surface area contributed by atoms with Gasteiger partial charge in [-0.2, -0.15) is 0 Å². The fourth-order valence-electron chi connectivity index (χ4n) is 1.07. The molecule has 1 rings (SSSR count). The van der Waals surface area contributed by atoms with Gasteiger partial charge in [0.05, 0.1) is 0 Å². The fraction of sp³-hybridized carbons (Fsp3) is 0.364. The maximum Gasteiger partial charge on any atom is 0.208 e. The van der Waals surface area contributed by atoms with Gasteiger partial charge in [-0.15, -0.1) is 0 Å². The second-order valence-electron chi connectivity index (χ2n) is 3.82. The molecule has 14 heavy (non-hydrogen) atoms. The van der Waals surface area contributed by atoms with Gasteiger partial charge >= 0.3 is 0 Å². The minimum absolute atomic E-state index is 0.222. The lowest BCUT2D eigenvalue weighted by atomic mass is 9.87. The van der Waals surface area contributed by atoms with E-state index < -0.39 is 0 Å². The summed E-state index contributed by atoms with van der Waals surface area (Å²) in [7, 11) is 0. The number of halogens is 2. The molecule has 1 aromatic carbocycles. The predicted octanol–water partition coefficient (Wildman–Crippen LogP) is 4.16. The van der Waals surface area contributed by atoms with Gasteiger partial charge < -0.3 is 0 Å². The van der Waals surface area contributed by atoms with E-state index in [4.69, 9.17) is 4.79 Å². The number of hydrogen-bond donors (Lipinski definition) is 0. The van der Waals surface area contributed by atoms with Gasteiger partial charge in [-0.3, -0.25) is 4.79 Å². The average molecular weight is 278 g/mol. The van der Waals surface area contributed by atoms with E-state index in [2.05, 4.69) is 66.5 Å². The first kappa shape index (κ1) is 13.7. The molecule has 78 valence electrons. The van der Waals surface area contributed by atoms with Gasteiger partial charge in [-0.1, -0.05) is 54.9 Å². The number of benzene rings is 1. The second kappa shape index (κ2) is 6.20. The van der Waals surface area contributed by atoms with Gasteiger partial charge in [0, 0.05) is 4.47 Å². The fourth-order valence-corrected chi connectivity index (χ4v) is 1.95. The van der Waals surface area contributed by atoms with Gasteiger partial charge in [0.1, 0.15) is 0 Å². The van der Waals surface area contributed by atoms with Crippen molar-refractivity contribution < 1.29 is 4.79 Å². The van der Waals surface area contributed by atoms with Crippen molar-refractivity contribution in [3.8, 4) is 0 Å². The van der Waals surface area contributed by atoms with Gasteiger partial charge in [0.25, 0.3) is 0 Å². The summed E-state index contributed by atoms with van der Waals surface area (Å²) in [5, 5.41) is 0. The molecular formula is C11H14BrClO. The van der Waals surface area contributed by atoms with Crippen LogP contribution in [0.25, 0.3) is 0 Å². The van der Waals surface area contributed by atoms with Crippen LogP contribution in [0.3, 0.4) is 0 Å². The Morgan fingerprint density at radius 1 is 1.29 bits per heavy atom. The van der Waals surface area contributed by atoms with Crippen LogP contribution in [0.5, 0.6) is 0 Å². The molecule has 0 spiro atoms. The molecule has 0 radical (unpaired) electrons. The quantitative estimate of drug-likeness (QED) is 0.514. The highest BCUT2D eigenvalue weighted by atomic mass is 79.9. The maximum absolute atomic E-state index is 8.57. The van der Waals surface area contributed by atoms with E-state index in [-0.39, 0.29) is 11.2 Å². The summed E-state index contributed by atoms with van der Waals surface area (Å²) in [5.41, 5.74) is 1.60. The monoisotopic (exact) mass is 276 g/mol. The Morgan fingerprint density at radius 2 is 1.71 bits per heavy atom. The molecule has 0 saturated heterocycles. The Hall–Kier alpha value is -0.340. The Kier molecular flexibility index (Phi) is 6.05. The van der Waals surface area contributed by atoms with Crippen LogP contribution in [-0.2, 0) is 10.2 Å². The number of carbonyl (C=O) groups excluding carboxylic acids is 1. The lowest BCUT2D eigenvalue weighted by Crippen LogP contribution is -2.11. The van der Waals surface area contributed by atoms with Crippen molar-refractivity contribution in [2.24, 2.45) is 0 Å². The molecule has 0 aliphatic carbocycles. The zero-order valence-corrected chi connectivity index (χ0v) is 10.9. The van der Waals surface area contributed by atoms with Gasteiger partial charge in [-0.25, -0.2) is 0 Å². The van der Waals surface area contributed by atoms with Crippen molar-refractivity contribution in [1.29, 1.82) is 0 Å². The Labute approximate surface area is 98.6 Å². The van der Waals surface area contributed by atoms with E-state index in [1.54, 1.807) is 0 Å². The molecule has 0 aliphatic heterocycles. The van der Waals surface area contributed by atoms with E-state index in [9.17, 15) is 0 Å². The summed E-state index contributed by atoms with van der Waals surface area (Å²) >= 11 is 7.85. The molecule has 0 fully saturated rings. The highest BCUT2D eigenvalue weighted by Gasteiger charge is 2.15. The van der Waals surface area contributed by atoms with Crippen LogP contribution in [-0.4, -0.2) is 5.75 Å². The normalized spacial score (nSPS) is 10.1. The predicted molar refractivity (Wildman–Crippen MR) is 65.4 cm³/mol. The van der Waals surface area contributed by atoms with E-state index in [1.807, 2.05) is 6.07 Å². The summed E-state index contributed by atoms with van der Waals surface area (Å²) in [6, 6.07) is 8.36. The highest BCUT2D eigenvalue weighted by molar-refractivity contribution is 9.10. The van der Waals surface area contributed by atoms with Crippen LogP contribution in [0.15, 0.2) is 28.7 Å². The van der Waals surface area contributed by atoms with E-state index in [0.717, 1.165) is 0 Å². The first-order valence-corrected chi connectivity index (χ1v) is 5.45. The van der Waals surface area contributed by atoms with Crippen molar-refractivity contribution in [1.82, 2.24) is 0 Å². The minimum Gasteiger partial charge on any atom is -0.285 e. The molecule has 0 aromatic heterocycles. The average Bonchev–Trinajstić information content (AvgIpc) is 2.04. The van der Waals surface area contributed by atoms with Gasteiger partial charge in [0.15, 0.2) is 0 Å². The summed E-state index contributed by atoms with van der Waals surface area (Å²) in [6.45, 7) is 6.65. The zero-order chi connectivity index (χ0) is 11.2. The zero-order valence-electron chi connectivity index (χ0n) is 8.55. The third kappa shape index (κ3) is 4.77. The summed E-state index contributed by atoms with van der Waals surface area (Å²) in [5.74, 6) is 0.222. The number of carbonyl (C=O) groups is 1. The lowest BCUT2D eigenvalue weighted by molar-refractivity contribution is 0.569. The van der Waals surface area contributed by atoms with E-state index in [1.165, 1.54) is 10.0 Å². The minimum atomic E-state index is 0.222. The molecule has 1 aromatic rings. The standard InChI is InChI=1S/C10H13Br.CHClO/c1-10(2,3)8-6-4-5-7-9(8)11;2-1-3/h4-7H,1-3H3;1H. The third-order valence-electron chi connectivity index (χ3n) is 1.68. The van der Waals surface area contributed by atoms with Crippen LogP contribution in [0.1, 0.15) is 26.3 Å². The van der Waals surface area contributed by atoms with Crippen LogP contribution >= 0.6 is 27.5 Å². The van der Waals surface area contributed by atoms with Gasteiger partial charge in [0.2, 0.25) is 5.75 Å². The first-order chi connectivity index (χ1) is 6.43. The molecule has 1 nitrogen and oxygen atoms in total. The Bertz CT molecular complexity index is 292. The third-order valence-corrected chi connectivity index (χ3v) is 2.37. The summed E-state index contributed by atoms with van der Waals surface area (Å²) in [6.07, 6.45) is 0. The first-order valence-electron chi connectivity index (χ1n) is 4.22. The summed E-state index contributed by atoms with van der Waals surface area (Å²) in [4.78, 5) is 8.57. The molecule has 0 aliphatic rings. The molecular weight excluding hydrogens is 263 g/mol. The largest absolute Gasteiger partial charge is 0.285 e. The highest BCUT2D eigenvalue weighted by Crippen LogP contribution is 2.28. The second-order valence-corrected chi connectivity index (χ2v) is 4.85. The van der Waals surface area contributed by atoms with Crippen LogP contribution < -0.4 is 0 Å². The SMILES string of the molecule is CC(C)(C)c1ccccc1Br.O=CCl. The molecule has 0 heterocycles.